The number of amides is 2. The average Bonchev–Trinajstić information content (AvgIpc) is 2.38. The Morgan fingerprint density at radius 1 is 1.42 bits per heavy atom. The van der Waals surface area contributed by atoms with Gasteiger partial charge in [-0.2, -0.15) is 24.4 Å². The first-order chi connectivity index (χ1) is 8.92. The van der Waals surface area contributed by atoms with E-state index in [1.54, 1.807) is 11.8 Å². The molecule has 0 heterocycles. The molecule has 0 aliphatic heterocycles. The molecule has 0 radical (unpaired) electrons. The van der Waals surface area contributed by atoms with E-state index in [0.29, 0.717) is 6.42 Å². The van der Waals surface area contributed by atoms with Crippen molar-refractivity contribution in [1.82, 2.24) is 10.6 Å². The van der Waals surface area contributed by atoms with Crippen LogP contribution in [0.4, 0.5) is 0 Å². The van der Waals surface area contributed by atoms with Gasteiger partial charge in [0, 0.05) is 5.75 Å². The number of carbonyl (C=O) groups is 3. The Morgan fingerprint density at radius 3 is 2.53 bits per heavy atom. The first-order valence-corrected chi connectivity index (χ1v) is 7.60. The Hall–Kier alpha value is -0.930. The van der Waals surface area contributed by atoms with Crippen LogP contribution in [0.25, 0.3) is 0 Å². The minimum absolute atomic E-state index is 0.0255. The Labute approximate surface area is 121 Å². The van der Waals surface area contributed by atoms with Crippen molar-refractivity contribution in [3.05, 3.63) is 0 Å². The molecule has 0 aromatic carbocycles. The number of hydrogen-bond acceptors (Lipinski definition) is 6. The molecule has 0 rings (SSSR count). The van der Waals surface area contributed by atoms with Gasteiger partial charge in [-0.15, -0.1) is 0 Å². The summed E-state index contributed by atoms with van der Waals surface area (Å²) in [6.45, 7) is -0.302. The second-order valence-electron chi connectivity index (χ2n) is 3.75. The first-order valence-electron chi connectivity index (χ1n) is 5.57. The molecule has 0 aliphatic carbocycles. The summed E-state index contributed by atoms with van der Waals surface area (Å²) in [4.78, 5) is 33.5. The molecular formula is C10H19N3O4S2. The quantitative estimate of drug-likeness (QED) is 0.337. The smallest absolute Gasteiger partial charge is 0.327 e. The van der Waals surface area contributed by atoms with Gasteiger partial charge >= 0.3 is 5.97 Å². The van der Waals surface area contributed by atoms with Crippen LogP contribution in [0.15, 0.2) is 0 Å². The Balaban J connectivity index is 4.01. The summed E-state index contributed by atoms with van der Waals surface area (Å²) >= 11 is 5.38. The van der Waals surface area contributed by atoms with E-state index < -0.39 is 29.9 Å². The van der Waals surface area contributed by atoms with Crippen LogP contribution in [0.1, 0.15) is 6.42 Å². The van der Waals surface area contributed by atoms with Crippen LogP contribution in [-0.4, -0.2) is 59.3 Å². The molecule has 110 valence electrons. The predicted molar refractivity (Wildman–Crippen MR) is 77.4 cm³/mol. The maximum Gasteiger partial charge on any atom is 0.327 e. The third-order valence-electron chi connectivity index (χ3n) is 2.21. The lowest BCUT2D eigenvalue weighted by atomic mass is 10.2. The Kier molecular flexibility index (Phi) is 9.44. The molecule has 0 saturated carbocycles. The normalized spacial score (nSPS) is 13.4. The second-order valence-corrected chi connectivity index (χ2v) is 5.10. The summed E-state index contributed by atoms with van der Waals surface area (Å²) in [5.74, 6) is -1.47. The highest BCUT2D eigenvalue weighted by atomic mass is 32.2. The summed E-state index contributed by atoms with van der Waals surface area (Å²) in [7, 11) is 0. The molecule has 0 bridgehead atoms. The van der Waals surface area contributed by atoms with Gasteiger partial charge in [0.2, 0.25) is 11.8 Å². The van der Waals surface area contributed by atoms with E-state index in [9.17, 15) is 14.4 Å². The minimum Gasteiger partial charge on any atom is -0.480 e. The lowest BCUT2D eigenvalue weighted by Crippen LogP contribution is -2.49. The number of carboxylic acids is 1. The molecule has 0 aliphatic rings. The number of carboxylic acid groups (broad SMARTS) is 1. The molecule has 2 amide bonds. The van der Waals surface area contributed by atoms with Crippen LogP contribution in [-0.2, 0) is 14.4 Å². The van der Waals surface area contributed by atoms with Crippen molar-refractivity contribution in [3.8, 4) is 0 Å². The fraction of sp³-hybridized carbons (Fsp3) is 0.700. The molecule has 0 saturated heterocycles. The summed E-state index contributed by atoms with van der Waals surface area (Å²) in [5.41, 5.74) is 5.60. The van der Waals surface area contributed by atoms with Gasteiger partial charge in [0.25, 0.3) is 0 Å². The highest BCUT2D eigenvalue weighted by molar-refractivity contribution is 7.98. The molecule has 0 spiro atoms. The third-order valence-corrected chi connectivity index (χ3v) is 3.22. The van der Waals surface area contributed by atoms with E-state index in [-0.39, 0.29) is 12.3 Å². The third kappa shape index (κ3) is 7.96. The van der Waals surface area contributed by atoms with E-state index in [1.807, 2.05) is 6.26 Å². The SMILES string of the molecule is CSCC[C@H](N)C(=O)NCC(=O)N[C@@H](CS)C(=O)O. The molecule has 0 fully saturated rings. The van der Waals surface area contributed by atoms with Crippen molar-refractivity contribution in [1.29, 1.82) is 0 Å². The van der Waals surface area contributed by atoms with Crippen LogP contribution in [0.2, 0.25) is 0 Å². The van der Waals surface area contributed by atoms with Gasteiger partial charge < -0.3 is 21.5 Å². The van der Waals surface area contributed by atoms with E-state index in [4.69, 9.17) is 10.8 Å². The van der Waals surface area contributed by atoms with Crippen molar-refractivity contribution in [2.24, 2.45) is 5.73 Å². The van der Waals surface area contributed by atoms with Gasteiger partial charge in [0.15, 0.2) is 0 Å². The number of rotatable bonds is 9. The molecule has 2 atom stereocenters. The zero-order valence-electron chi connectivity index (χ0n) is 10.6. The summed E-state index contributed by atoms with van der Waals surface area (Å²) < 4.78 is 0. The van der Waals surface area contributed by atoms with Gasteiger partial charge in [0.05, 0.1) is 12.6 Å². The number of thioether (sulfide) groups is 1. The second kappa shape index (κ2) is 9.93. The van der Waals surface area contributed by atoms with Crippen LogP contribution in [0, 0.1) is 0 Å². The number of thiol groups is 1. The molecule has 0 aromatic heterocycles. The molecule has 5 N–H and O–H groups in total. The molecular weight excluding hydrogens is 290 g/mol. The fourth-order valence-corrected chi connectivity index (χ4v) is 1.84. The lowest BCUT2D eigenvalue weighted by molar-refractivity contribution is -0.141. The van der Waals surface area contributed by atoms with Crippen molar-refractivity contribution < 1.29 is 19.5 Å². The van der Waals surface area contributed by atoms with Gasteiger partial charge in [-0.1, -0.05) is 0 Å². The Bertz CT molecular complexity index is 328. The fourth-order valence-electron chi connectivity index (χ4n) is 1.11. The van der Waals surface area contributed by atoms with Gasteiger partial charge in [-0.3, -0.25) is 9.59 Å². The minimum atomic E-state index is -1.17. The highest BCUT2D eigenvalue weighted by Crippen LogP contribution is 1.98. The van der Waals surface area contributed by atoms with Crippen molar-refractivity contribution in [2.75, 3.05) is 24.3 Å². The first kappa shape index (κ1) is 18.1. The van der Waals surface area contributed by atoms with E-state index in [2.05, 4.69) is 23.3 Å². The highest BCUT2D eigenvalue weighted by Gasteiger charge is 2.19. The van der Waals surface area contributed by atoms with Crippen LogP contribution in [0.3, 0.4) is 0 Å². The average molecular weight is 309 g/mol. The zero-order valence-corrected chi connectivity index (χ0v) is 12.3. The molecule has 0 unspecified atom stereocenters. The van der Waals surface area contributed by atoms with Gasteiger partial charge in [-0.05, 0) is 18.4 Å². The maximum absolute atomic E-state index is 11.5. The van der Waals surface area contributed by atoms with Crippen molar-refractivity contribution >= 4 is 42.2 Å². The largest absolute Gasteiger partial charge is 0.480 e. The number of aliphatic carboxylic acids is 1. The summed E-state index contributed by atoms with van der Waals surface area (Å²) in [5, 5.41) is 13.3. The van der Waals surface area contributed by atoms with E-state index >= 15 is 0 Å². The topological polar surface area (TPSA) is 122 Å². The maximum atomic E-state index is 11.5. The Morgan fingerprint density at radius 2 is 2.05 bits per heavy atom. The molecule has 9 heteroatoms. The molecule has 0 aromatic rings. The predicted octanol–water partition coefficient (Wildman–Crippen LogP) is -1.32. The van der Waals surface area contributed by atoms with Gasteiger partial charge in [-0.25, -0.2) is 4.79 Å². The summed E-state index contributed by atoms with van der Waals surface area (Å²) in [6, 6.07) is -1.74. The standard InChI is InChI=1S/C10H19N3O4S2/c1-19-3-2-6(11)9(15)12-4-8(14)13-7(5-18)10(16)17/h6-7,18H,2-5,11H2,1H3,(H,12,15)(H,13,14)(H,16,17)/t6-,7-/m0/s1. The lowest BCUT2D eigenvalue weighted by Gasteiger charge is -2.14. The zero-order chi connectivity index (χ0) is 14.8. The van der Waals surface area contributed by atoms with Gasteiger partial charge in [0.1, 0.15) is 6.04 Å². The van der Waals surface area contributed by atoms with E-state index in [1.165, 1.54) is 0 Å². The summed E-state index contributed by atoms with van der Waals surface area (Å²) in [6.07, 6.45) is 2.42. The van der Waals surface area contributed by atoms with Crippen molar-refractivity contribution in [3.63, 3.8) is 0 Å². The molecule has 7 nitrogen and oxygen atoms in total. The molecule has 19 heavy (non-hydrogen) atoms. The van der Waals surface area contributed by atoms with E-state index in [0.717, 1.165) is 5.75 Å². The van der Waals surface area contributed by atoms with Crippen LogP contribution >= 0.6 is 24.4 Å². The monoisotopic (exact) mass is 309 g/mol. The van der Waals surface area contributed by atoms with Crippen LogP contribution in [0.5, 0.6) is 0 Å². The number of nitrogens with one attached hydrogen (secondary N) is 2. The van der Waals surface area contributed by atoms with Crippen LogP contribution < -0.4 is 16.4 Å². The van der Waals surface area contributed by atoms with Crippen molar-refractivity contribution in [2.45, 2.75) is 18.5 Å². The number of carbonyl (C=O) groups excluding carboxylic acids is 2. The number of hydrogen-bond donors (Lipinski definition) is 5. The number of nitrogens with two attached hydrogens (primary N) is 1.